The van der Waals surface area contributed by atoms with E-state index in [0.717, 1.165) is 79.9 Å². The van der Waals surface area contributed by atoms with E-state index in [1.165, 1.54) is 0 Å². The third-order valence-electron chi connectivity index (χ3n) is 9.21. The fraction of sp³-hybridized carbons (Fsp3) is 0.412. The van der Waals surface area contributed by atoms with Gasteiger partial charge in [-0.05, 0) is 103 Å². The maximum absolute atomic E-state index is 13.7. The molecule has 6 rings (SSSR count). The highest BCUT2D eigenvalue weighted by Crippen LogP contribution is 2.29. The molecule has 0 spiro atoms. The summed E-state index contributed by atoms with van der Waals surface area (Å²) in [7, 11) is 2.14. The van der Waals surface area contributed by atoms with Gasteiger partial charge in [0.25, 0.3) is 0 Å². The van der Waals surface area contributed by atoms with Gasteiger partial charge in [0, 0.05) is 56.0 Å². The summed E-state index contributed by atoms with van der Waals surface area (Å²) in [6, 6.07) is 18.8. The number of aromatic nitrogens is 5. The van der Waals surface area contributed by atoms with Crippen LogP contribution in [0.2, 0.25) is 0 Å². The molecule has 46 heavy (non-hydrogen) atoms. The standard InChI is InChI=1S/C34H42N10O2/c1-43-15-17-44(18-16-43)31-21-28(13-14-36-31)27-4-2-3-24(19-27)20-30(38-33(45)26-7-5-23(22-35)6-8-26)34(46)37-29-11-9-25(10-12-29)32-39-41-42-40-32/h2-4,9-14,19,21,23,26,30H,5-8,15-18,20,22,35H2,1H3,(H,37,46)(H,38,45)(H,39,40,41,42)/t23?,26?,30-/m0/s1. The van der Waals surface area contributed by atoms with E-state index >= 15 is 0 Å². The van der Waals surface area contributed by atoms with Crippen molar-refractivity contribution >= 4 is 23.3 Å². The number of nitrogens with two attached hydrogens (primary N) is 1. The molecule has 0 unspecified atom stereocenters. The van der Waals surface area contributed by atoms with Crippen LogP contribution < -0.4 is 21.3 Å². The van der Waals surface area contributed by atoms with Gasteiger partial charge in [-0.2, -0.15) is 5.21 Å². The monoisotopic (exact) mass is 622 g/mol. The number of nitrogens with zero attached hydrogens (tertiary/aromatic N) is 6. The number of carbonyl (C=O) groups excluding carboxylic acids is 2. The topological polar surface area (TPSA) is 158 Å². The average molecular weight is 623 g/mol. The highest BCUT2D eigenvalue weighted by atomic mass is 16.2. The molecule has 2 fully saturated rings. The molecular weight excluding hydrogens is 580 g/mol. The van der Waals surface area contributed by atoms with Crippen LogP contribution >= 0.6 is 0 Å². The lowest BCUT2D eigenvalue weighted by Crippen LogP contribution is -2.48. The minimum atomic E-state index is -0.759. The minimum absolute atomic E-state index is 0.0785. The van der Waals surface area contributed by atoms with Crippen molar-refractivity contribution in [2.24, 2.45) is 17.6 Å². The van der Waals surface area contributed by atoms with E-state index in [1.54, 1.807) is 12.1 Å². The number of tetrazole rings is 1. The van der Waals surface area contributed by atoms with E-state index in [4.69, 9.17) is 5.73 Å². The van der Waals surface area contributed by atoms with Gasteiger partial charge >= 0.3 is 0 Å². The quantitative estimate of drug-likeness (QED) is 0.209. The van der Waals surface area contributed by atoms with Crippen molar-refractivity contribution in [2.75, 3.05) is 50.0 Å². The lowest BCUT2D eigenvalue weighted by Gasteiger charge is -2.33. The molecule has 2 amide bonds. The molecule has 12 nitrogen and oxygen atoms in total. The lowest BCUT2D eigenvalue weighted by molar-refractivity contribution is -0.130. The van der Waals surface area contributed by atoms with Gasteiger partial charge in [0.05, 0.1) is 0 Å². The van der Waals surface area contributed by atoms with Gasteiger partial charge in [0.15, 0.2) is 0 Å². The van der Waals surface area contributed by atoms with Gasteiger partial charge in [-0.1, -0.05) is 24.3 Å². The van der Waals surface area contributed by atoms with Crippen molar-refractivity contribution in [2.45, 2.75) is 38.1 Å². The van der Waals surface area contributed by atoms with Crippen LogP contribution in [0.1, 0.15) is 31.2 Å². The first-order valence-electron chi connectivity index (χ1n) is 16.1. The van der Waals surface area contributed by atoms with Gasteiger partial charge in [0.2, 0.25) is 17.6 Å². The third kappa shape index (κ3) is 7.75. The Hall–Kier alpha value is -4.68. The van der Waals surface area contributed by atoms with Gasteiger partial charge in [-0.25, -0.2) is 4.98 Å². The molecule has 240 valence electrons. The first-order chi connectivity index (χ1) is 22.4. The number of amides is 2. The van der Waals surface area contributed by atoms with Crippen LogP contribution in [0.4, 0.5) is 11.5 Å². The molecule has 2 aliphatic rings. The molecule has 0 bridgehead atoms. The Labute approximate surface area is 269 Å². The summed E-state index contributed by atoms with van der Waals surface area (Å²) in [6.45, 7) is 4.55. The number of piperazine rings is 1. The summed E-state index contributed by atoms with van der Waals surface area (Å²) in [5.41, 5.74) is 10.3. The van der Waals surface area contributed by atoms with Gasteiger partial charge in [0.1, 0.15) is 11.9 Å². The molecule has 4 aromatic rings. The molecule has 2 aromatic heterocycles. The number of benzene rings is 2. The van der Waals surface area contributed by atoms with E-state index in [1.807, 2.05) is 36.5 Å². The fourth-order valence-corrected chi connectivity index (χ4v) is 6.30. The second-order valence-corrected chi connectivity index (χ2v) is 12.4. The molecule has 3 heterocycles. The number of aromatic amines is 1. The first-order valence-corrected chi connectivity index (χ1v) is 16.1. The number of carbonyl (C=O) groups is 2. The number of hydrogen-bond acceptors (Lipinski definition) is 9. The Morgan fingerprint density at radius 2 is 1.72 bits per heavy atom. The molecule has 1 aliphatic heterocycles. The van der Waals surface area contributed by atoms with E-state index < -0.39 is 6.04 Å². The van der Waals surface area contributed by atoms with E-state index in [9.17, 15) is 9.59 Å². The summed E-state index contributed by atoms with van der Waals surface area (Å²) in [4.78, 5) is 36.5. The van der Waals surface area contributed by atoms with Gasteiger partial charge in [-0.3, -0.25) is 9.59 Å². The van der Waals surface area contributed by atoms with Crippen molar-refractivity contribution in [3.8, 4) is 22.5 Å². The Balaban J connectivity index is 1.19. The zero-order chi connectivity index (χ0) is 31.9. The van der Waals surface area contributed by atoms with Crippen molar-refractivity contribution in [3.63, 3.8) is 0 Å². The number of hydrogen-bond donors (Lipinski definition) is 4. The summed E-state index contributed by atoms with van der Waals surface area (Å²) in [5, 5.41) is 20.2. The van der Waals surface area contributed by atoms with E-state index in [0.29, 0.717) is 30.4 Å². The van der Waals surface area contributed by atoms with Gasteiger partial charge < -0.3 is 26.2 Å². The van der Waals surface area contributed by atoms with Crippen molar-refractivity contribution in [1.82, 2.24) is 35.8 Å². The number of H-pyrrole nitrogens is 1. The van der Waals surface area contributed by atoms with Crippen LogP contribution in [-0.2, 0) is 16.0 Å². The Morgan fingerprint density at radius 3 is 2.43 bits per heavy atom. The van der Waals surface area contributed by atoms with Crippen LogP contribution in [0.5, 0.6) is 0 Å². The van der Waals surface area contributed by atoms with Crippen molar-refractivity contribution in [3.05, 3.63) is 72.4 Å². The second-order valence-electron chi connectivity index (χ2n) is 12.4. The number of likely N-dealkylation sites (N-methyl/N-ethyl adjacent to an activating group) is 1. The van der Waals surface area contributed by atoms with E-state index in [-0.39, 0.29) is 17.7 Å². The van der Waals surface area contributed by atoms with Crippen LogP contribution in [0.15, 0.2) is 66.9 Å². The normalized spacial score (nSPS) is 19.4. The molecule has 1 saturated carbocycles. The maximum atomic E-state index is 13.7. The van der Waals surface area contributed by atoms with Crippen molar-refractivity contribution in [1.29, 1.82) is 0 Å². The Kier molecular flexibility index (Phi) is 9.94. The smallest absolute Gasteiger partial charge is 0.247 e. The number of nitrogens with one attached hydrogen (secondary N) is 3. The molecule has 0 radical (unpaired) electrons. The molecule has 2 aromatic carbocycles. The predicted octanol–water partition coefficient (Wildman–Crippen LogP) is 3.11. The van der Waals surface area contributed by atoms with Crippen LogP contribution in [0.25, 0.3) is 22.5 Å². The highest BCUT2D eigenvalue weighted by Gasteiger charge is 2.29. The minimum Gasteiger partial charge on any atom is -0.354 e. The lowest BCUT2D eigenvalue weighted by atomic mass is 9.81. The SMILES string of the molecule is CN1CCN(c2cc(-c3cccc(C[C@H](NC(=O)C4CCC(CN)CC4)C(=O)Nc4ccc(-c5nn[nH]n5)cc4)c3)ccn2)CC1. The van der Waals surface area contributed by atoms with Crippen molar-refractivity contribution < 1.29 is 9.59 Å². The highest BCUT2D eigenvalue weighted by molar-refractivity contribution is 5.97. The number of pyridine rings is 1. The number of rotatable bonds is 10. The van der Waals surface area contributed by atoms with E-state index in [2.05, 4.69) is 71.3 Å². The van der Waals surface area contributed by atoms with Crippen LogP contribution in [0.3, 0.4) is 0 Å². The second kappa shape index (κ2) is 14.6. The maximum Gasteiger partial charge on any atom is 0.247 e. The zero-order valence-corrected chi connectivity index (χ0v) is 26.2. The first kappa shape index (κ1) is 31.3. The summed E-state index contributed by atoms with van der Waals surface area (Å²) >= 11 is 0. The average Bonchev–Trinajstić information content (AvgIpc) is 3.64. The third-order valence-corrected chi connectivity index (χ3v) is 9.21. The zero-order valence-electron chi connectivity index (χ0n) is 26.2. The van der Waals surface area contributed by atoms with Crippen LogP contribution in [-0.4, -0.2) is 88.1 Å². The molecule has 1 saturated heterocycles. The predicted molar refractivity (Wildman–Crippen MR) is 178 cm³/mol. The molecule has 12 heteroatoms. The molecule has 1 atom stereocenters. The molecule has 1 aliphatic carbocycles. The molecule has 5 N–H and O–H groups in total. The van der Waals surface area contributed by atoms with Crippen LogP contribution in [0, 0.1) is 11.8 Å². The largest absolute Gasteiger partial charge is 0.354 e. The Morgan fingerprint density at radius 1 is 0.957 bits per heavy atom. The fourth-order valence-electron chi connectivity index (χ4n) is 6.30. The Bertz CT molecular complexity index is 1590. The van der Waals surface area contributed by atoms with Gasteiger partial charge in [-0.15, -0.1) is 10.2 Å². The summed E-state index contributed by atoms with van der Waals surface area (Å²) in [5.74, 6) is 1.43. The summed E-state index contributed by atoms with van der Waals surface area (Å²) < 4.78 is 0. The summed E-state index contributed by atoms with van der Waals surface area (Å²) in [6.07, 6.45) is 5.64. The molecular formula is C34H42N10O2. The number of anilines is 2.